The Labute approximate surface area is 148 Å². The summed E-state index contributed by atoms with van der Waals surface area (Å²) in [5, 5.41) is 6.59. The highest BCUT2D eigenvalue weighted by molar-refractivity contribution is 7.91. The van der Waals surface area contributed by atoms with Crippen LogP contribution < -0.4 is 5.56 Å². The maximum Gasteiger partial charge on any atom is 0.247 e. The fourth-order valence-electron chi connectivity index (χ4n) is 2.98. The Balaban J connectivity index is 1.75. The summed E-state index contributed by atoms with van der Waals surface area (Å²) in [7, 11) is -3.03. The number of hydrogen-bond donors (Lipinski definition) is 1. The number of pyridine rings is 1. The molecule has 130 valence electrons. The molecule has 0 unspecified atom stereocenters. The van der Waals surface area contributed by atoms with E-state index in [0.29, 0.717) is 30.1 Å². The van der Waals surface area contributed by atoms with Gasteiger partial charge in [0, 0.05) is 29.1 Å². The van der Waals surface area contributed by atoms with Crippen LogP contribution in [0.2, 0.25) is 0 Å². The van der Waals surface area contributed by atoms with E-state index in [2.05, 4.69) is 15.1 Å². The zero-order valence-corrected chi connectivity index (χ0v) is 14.9. The number of nitrogens with one attached hydrogen (secondary N) is 1. The maximum atomic E-state index is 11.9. The molecule has 3 aromatic rings. The van der Waals surface area contributed by atoms with Crippen molar-refractivity contribution >= 4 is 21.2 Å². The molecule has 0 radical (unpaired) electrons. The number of nitrogens with zero attached hydrogens (tertiary/aromatic N) is 3. The van der Waals surface area contributed by atoms with Gasteiger partial charge >= 0.3 is 0 Å². The summed E-state index contributed by atoms with van der Waals surface area (Å²) in [5.74, 6) is 1.48. The first kappa shape index (κ1) is 16.2. The van der Waals surface area contributed by atoms with Crippen molar-refractivity contribution in [3.05, 3.63) is 56.9 Å². The number of sulfone groups is 1. The third-order valence-electron chi connectivity index (χ3n) is 4.18. The van der Waals surface area contributed by atoms with Crippen molar-refractivity contribution in [1.29, 1.82) is 0 Å². The molecular formula is C16H16N4O3S2. The van der Waals surface area contributed by atoms with Gasteiger partial charge in [0.25, 0.3) is 0 Å². The minimum Gasteiger partial charge on any atom is -0.328 e. The highest BCUT2D eigenvalue weighted by Gasteiger charge is 2.32. The predicted molar refractivity (Wildman–Crippen MR) is 95.5 cm³/mol. The lowest BCUT2D eigenvalue weighted by Crippen LogP contribution is -2.14. The minimum atomic E-state index is -3.03. The van der Waals surface area contributed by atoms with Gasteiger partial charge in [0.15, 0.2) is 21.5 Å². The van der Waals surface area contributed by atoms with Crippen molar-refractivity contribution in [2.75, 3.05) is 11.5 Å². The molecule has 3 aromatic heterocycles. The third kappa shape index (κ3) is 3.42. The quantitative estimate of drug-likeness (QED) is 0.747. The van der Waals surface area contributed by atoms with Crippen LogP contribution in [0, 0.1) is 0 Å². The van der Waals surface area contributed by atoms with Gasteiger partial charge in [-0.2, -0.15) is 5.10 Å². The molecule has 0 spiro atoms. The molecule has 0 aromatic carbocycles. The van der Waals surface area contributed by atoms with Crippen molar-refractivity contribution in [3.8, 4) is 11.4 Å². The first-order chi connectivity index (χ1) is 12.0. The Morgan fingerprint density at radius 1 is 1.32 bits per heavy atom. The van der Waals surface area contributed by atoms with Crippen molar-refractivity contribution in [2.45, 2.75) is 18.9 Å². The van der Waals surface area contributed by atoms with Gasteiger partial charge in [-0.05, 0) is 23.9 Å². The molecule has 1 fully saturated rings. The number of hydrogen-bond acceptors (Lipinski definition) is 6. The SMILES string of the molecule is O=c1ccc(-c2nc(Cc3cccs3)nn2[C@@H]2CCS(=O)(=O)C2)c[nH]1. The van der Waals surface area contributed by atoms with Crippen LogP contribution in [0.1, 0.15) is 23.2 Å². The monoisotopic (exact) mass is 376 g/mol. The lowest BCUT2D eigenvalue weighted by molar-refractivity contribution is 0.500. The number of H-pyrrole nitrogens is 1. The molecule has 0 amide bonds. The summed E-state index contributed by atoms with van der Waals surface area (Å²) in [6.07, 6.45) is 2.71. The average molecular weight is 376 g/mol. The summed E-state index contributed by atoms with van der Waals surface area (Å²) < 4.78 is 25.4. The van der Waals surface area contributed by atoms with Crippen molar-refractivity contribution in [3.63, 3.8) is 0 Å². The van der Waals surface area contributed by atoms with Gasteiger partial charge in [0.1, 0.15) is 0 Å². The molecule has 4 heterocycles. The van der Waals surface area contributed by atoms with Crippen LogP contribution in [-0.2, 0) is 16.3 Å². The van der Waals surface area contributed by atoms with Crippen molar-refractivity contribution < 1.29 is 8.42 Å². The fourth-order valence-corrected chi connectivity index (χ4v) is 5.37. The number of aromatic nitrogens is 4. The summed E-state index contributed by atoms with van der Waals surface area (Å²) in [6, 6.07) is 6.88. The molecule has 1 saturated heterocycles. The second-order valence-corrected chi connectivity index (χ2v) is 9.31. The molecule has 1 aliphatic heterocycles. The topological polar surface area (TPSA) is 97.7 Å². The Morgan fingerprint density at radius 3 is 2.84 bits per heavy atom. The number of aromatic amines is 1. The van der Waals surface area contributed by atoms with E-state index in [1.807, 2.05) is 17.5 Å². The van der Waals surface area contributed by atoms with Gasteiger partial charge < -0.3 is 4.98 Å². The zero-order valence-electron chi connectivity index (χ0n) is 13.3. The maximum absolute atomic E-state index is 11.9. The Hall–Kier alpha value is -2.26. The van der Waals surface area contributed by atoms with E-state index in [0.717, 1.165) is 4.88 Å². The van der Waals surface area contributed by atoms with E-state index in [-0.39, 0.29) is 23.1 Å². The minimum absolute atomic E-state index is 0.0746. The third-order valence-corrected chi connectivity index (χ3v) is 6.81. The Morgan fingerprint density at radius 2 is 2.20 bits per heavy atom. The summed E-state index contributed by atoms with van der Waals surface area (Å²) in [6.45, 7) is 0. The molecule has 25 heavy (non-hydrogen) atoms. The predicted octanol–water partition coefficient (Wildman–Crippen LogP) is 1.65. The average Bonchev–Trinajstić information content (AvgIpc) is 3.29. The summed E-state index contributed by atoms with van der Waals surface area (Å²) in [4.78, 5) is 19.7. The lowest BCUT2D eigenvalue weighted by atomic mass is 10.2. The van der Waals surface area contributed by atoms with Crippen LogP contribution in [0.3, 0.4) is 0 Å². The summed E-state index contributed by atoms with van der Waals surface area (Å²) in [5.41, 5.74) is 0.519. The van der Waals surface area contributed by atoms with E-state index in [1.165, 1.54) is 6.07 Å². The molecular weight excluding hydrogens is 360 g/mol. The highest BCUT2D eigenvalue weighted by Crippen LogP contribution is 2.28. The van der Waals surface area contributed by atoms with E-state index >= 15 is 0 Å². The van der Waals surface area contributed by atoms with Crippen LogP contribution in [0.15, 0.2) is 40.6 Å². The van der Waals surface area contributed by atoms with Crippen molar-refractivity contribution in [1.82, 2.24) is 19.7 Å². The molecule has 0 aliphatic carbocycles. The second-order valence-electron chi connectivity index (χ2n) is 6.05. The smallest absolute Gasteiger partial charge is 0.247 e. The first-order valence-corrected chi connectivity index (χ1v) is 10.6. The molecule has 4 rings (SSSR count). The van der Waals surface area contributed by atoms with Gasteiger partial charge in [0.05, 0.1) is 17.5 Å². The Kier molecular flexibility index (Phi) is 4.04. The zero-order chi connectivity index (χ0) is 17.4. The molecule has 1 atom stereocenters. The van der Waals surface area contributed by atoms with Gasteiger partial charge in [-0.1, -0.05) is 6.07 Å². The van der Waals surface area contributed by atoms with Crippen LogP contribution in [-0.4, -0.2) is 39.7 Å². The Bertz CT molecular complexity index is 1030. The van der Waals surface area contributed by atoms with Crippen LogP contribution in [0.25, 0.3) is 11.4 Å². The van der Waals surface area contributed by atoms with E-state index < -0.39 is 9.84 Å². The molecule has 1 N–H and O–H groups in total. The van der Waals surface area contributed by atoms with E-state index in [9.17, 15) is 13.2 Å². The van der Waals surface area contributed by atoms with Crippen LogP contribution >= 0.6 is 11.3 Å². The van der Waals surface area contributed by atoms with Gasteiger partial charge in [-0.15, -0.1) is 11.3 Å². The molecule has 1 aliphatic rings. The highest BCUT2D eigenvalue weighted by atomic mass is 32.2. The lowest BCUT2D eigenvalue weighted by Gasteiger charge is -2.11. The molecule has 7 nitrogen and oxygen atoms in total. The van der Waals surface area contributed by atoms with E-state index in [4.69, 9.17) is 0 Å². The molecule has 9 heteroatoms. The van der Waals surface area contributed by atoms with Gasteiger partial charge in [-0.25, -0.2) is 18.1 Å². The van der Waals surface area contributed by atoms with E-state index in [1.54, 1.807) is 28.3 Å². The standard InChI is InChI=1S/C16H16N4O3S2/c21-15-4-3-11(9-17-15)16-18-14(8-13-2-1-6-24-13)19-20(16)12-5-7-25(22,23)10-12/h1-4,6,9,12H,5,7-8,10H2,(H,17,21)/t12-/m1/s1. The van der Waals surface area contributed by atoms with Gasteiger partial charge in [0.2, 0.25) is 5.56 Å². The van der Waals surface area contributed by atoms with Gasteiger partial charge in [-0.3, -0.25) is 4.79 Å². The summed E-state index contributed by atoms with van der Waals surface area (Å²) >= 11 is 1.63. The molecule has 0 saturated carbocycles. The van der Waals surface area contributed by atoms with Crippen LogP contribution in [0.4, 0.5) is 0 Å². The number of thiophene rings is 1. The van der Waals surface area contributed by atoms with Crippen molar-refractivity contribution in [2.24, 2.45) is 0 Å². The fraction of sp³-hybridized carbons (Fsp3) is 0.312. The number of rotatable bonds is 4. The normalized spacial score (nSPS) is 19.3. The second kappa shape index (κ2) is 6.23. The van der Waals surface area contributed by atoms with Crippen LogP contribution in [0.5, 0.6) is 0 Å². The molecule has 0 bridgehead atoms. The first-order valence-electron chi connectivity index (χ1n) is 7.87. The largest absolute Gasteiger partial charge is 0.328 e.